The number of rotatable bonds is 4. The molecule has 1 heterocycles. The molecule has 0 aromatic heterocycles. The van der Waals surface area contributed by atoms with Crippen LogP contribution in [0.25, 0.3) is 0 Å². The van der Waals surface area contributed by atoms with Crippen molar-refractivity contribution < 1.29 is 9.59 Å². The van der Waals surface area contributed by atoms with Crippen LogP contribution in [0, 0.1) is 17.8 Å². The number of benzene rings is 1. The number of carbonyl (C=O) groups is 2. The Morgan fingerprint density at radius 1 is 1.32 bits per heavy atom. The third kappa shape index (κ3) is 2.81. The molecule has 1 saturated carbocycles. The van der Waals surface area contributed by atoms with Crippen molar-refractivity contribution in [1.82, 2.24) is 0 Å². The molecule has 118 valence electrons. The van der Waals surface area contributed by atoms with Gasteiger partial charge in [-0.1, -0.05) is 45.2 Å². The average Bonchev–Trinajstić information content (AvgIpc) is 2.92. The maximum absolute atomic E-state index is 13.0. The van der Waals surface area contributed by atoms with Crippen LogP contribution >= 0.6 is 0 Å². The molecule has 3 unspecified atom stereocenters. The molecule has 1 aliphatic heterocycles. The first-order chi connectivity index (χ1) is 10.6. The molecule has 0 radical (unpaired) electrons. The standard InChI is InChI=1S/C19H25NO2/c1-3-12(2)15-6-4-5-7-16(15)19(22)14-9-8-13-11-18(21)20-17(13)10-14/h8-10,12,15-16H,3-7,11H2,1-2H3,(H,20,21). The lowest BCUT2D eigenvalue weighted by molar-refractivity contribution is -0.115. The van der Waals surface area contributed by atoms with Gasteiger partial charge in [-0.25, -0.2) is 0 Å². The third-order valence-corrected chi connectivity index (χ3v) is 5.55. The molecule has 3 atom stereocenters. The second-order valence-electron chi connectivity index (χ2n) is 6.90. The number of fused-ring (bicyclic) bond motifs is 1. The summed E-state index contributed by atoms with van der Waals surface area (Å²) in [5.74, 6) is 1.56. The Labute approximate surface area is 132 Å². The van der Waals surface area contributed by atoms with Crippen LogP contribution in [0.1, 0.15) is 61.9 Å². The fourth-order valence-electron chi connectivity index (χ4n) is 4.05. The molecule has 1 amide bonds. The Bertz CT molecular complexity index is 593. The van der Waals surface area contributed by atoms with Crippen LogP contribution in [-0.2, 0) is 11.2 Å². The molecule has 0 bridgehead atoms. The number of amides is 1. The van der Waals surface area contributed by atoms with E-state index in [9.17, 15) is 9.59 Å². The van der Waals surface area contributed by atoms with Crippen molar-refractivity contribution in [3.05, 3.63) is 29.3 Å². The Balaban J connectivity index is 1.83. The molecule has 2 aliphatic rings. The predicted molar refractivity (Wildman–Crippen MR) is 88.0 cm³/mol. The summed E-state index contributed by atoms with van der Waals surface area (Å²) in [6.45, 7) is 4.49. The van der Waals surface area contributed by atoms with Crippen LogP contribution in [0.4, 0.5) is 5.69 Å². The molecule has 1 N–H and O–H groups in total. The number of nitrogens with one attached hydrogen (secondary N) is 1. The van der Waals surface area contributed by atoms with Crippen molar-refractivity contribution in [2.45, 2.75) is 52.4 Å². The molecule has 0 saturated heterocycles. The van der Waals surface area contributed by atoms with E-state index in [1.165, 1.54) is 12.8 Å². The maximum atomic E-state index is 13.0. The van der Waals surface area contributed by atoms with Crippen molar-refractivity contribution in [1.29, 1.82) is 0 Å². The first kappa shape index (κ1) is 15.3. The smallest absolute Gasteiger partial charge is 0.228 e. The number of Topliss-reactive ketones (excluding diaryl/α,β-unsaturated/α-hetero) is 1. The Kier molecular flexibility index (Phi) is 4.32. The van der Waals surface area contributed by atoms with E-state index in [4.69, 9.17) is 0 Å². The first-order valence-electron chi connectivity index (χ1n) is 8.57. The number of hydrogen-bond donors (Lipinski definition) is 1. The molecule has 1 aromatic rings. The molecule has 3 rings (SSSR count). The van der Waals surface area contributed by atoms with Gasteiger partial charge in [0.05, 0.1) is 6.42 Å². The highest BCUT2D eigenvalue weighted by atomic mass is 16.1. The summed E-state index contributed by atoms with van der Waals surface area (Å²) in [5, 5.41) is 2.85. The number of ketones is 1. The van der Waals surface area contributed by atoms with Gasteiger partial charge in [-0.05, 0) is 36.3 Å². The van der Waals surface area contributed by atoms with Gasteiger partial charge in [-0.3, -0.25) is 9.59 Å². The van der Waals surface area contributed by atoms with Gasteiger partial charge in [0.1, 0.15) is 0 Å². The van der Waals surface area contributed by atoms with Gasteiger partial charge in [0.15, 0.2) is 5.78 Å². The van der Waals surface area contributed by atoms with Crippen molar-refractivity contribution in [3.8, 4) is 0 Å². The van der Waals surface area contributed by atoms with E-state index in [1.807, 2.05) is 18.2 Å². The molecule has 0 spiro atoms. The molecule has 22 heavy (non-hydrogen) atoms. The first-order valence-corrected chi connectivity index (χ1v) is 8.57. The van der Waals surface area contributed by atoms with Gasteiger partial charge < -0.3 is 5.32 Å². The number of hydrogen-bond acceptors (Lipinski definition) is 2. The van der Waals surface area contributed by atoms with Crippen molar-refractivity contribution in [3.63, 3.8) is 0 Å². The highest BCUT2D eigenvalue weighted by molar-refractivity contribution is 6.03. The molecular formula is C19H25NO2. The van der Waals surface area contributed by atoms with Gasteiger partial charge in [-0.15, -0.1) is 0 Å². The van der Waals surface area contributed by atoms with E-state index in [1.54, 1.807) is 0 Å². The predicted octanol–water partition coefficient (Wildman–Crippen LogP) is 4.22. The average molecular weight is 299 g/mol. The fourth-order valence-corrected chi connectivity index (χ4v) is 4.05. The van der Waals surface area contributed by atoms with E-state index in [-0.39, 0.29) is 17.6 Å². The van der Waals surface area contributed by atoms with Crippen molar-refractivity contribution in [2.24, 2.45) is 17.8 Å². The van der Waals surface area contributed by atoms with Crippen LogP contribution in [0.2, 0.25) is 0 Å². The molecule has 3 nitrogen and oxygen atoms in total. The zero-order valence-electron chi connectivity index (χ0n) is 13.5. The second-order valence-corrected chi connectivity index (χ2v) is 6.90. The van der Waals surface area contributed by atoms with Crippen molar-refractivity contribution in [2.75, 3.05) is 5.32 Å². The van der Waals surface area contributed by atoms with Crippen LogP contribution < -0.4 is 5.32 Å². The molecule has 3 heteroatoms. The number of carbonyl (C=O) groups excluding carboxylic acids is 2. The lowest BCUT2D eigenvalue weighted by Crippen LogP contribution is -2.31. The highest BCUT2D eigenvalue weighted by Gasteiger charge is 2.34. The van der Waals surface area contributed by atoms with E-state index >= 15 is 0 Å². The second kappa shape index (κ2) is 6.23. The molecule has 1 fully saturated rings. The summed E-state index contributed by atoms with van der Waals surface area (Å²) in [4.78, 5) is 24.5. The van der Waals surface area contributed by atoms with Crippen LogP contribution in [-0.4, -0.2) is 11.7 Å². The minimum Gasteiger partial charge on any atom is -0.326 e. The summed E-state index contributed by atoms with van der Waals surface area (Å²) in [7, 11) is 0. The topological polar surface area (TPSA) is 46.2 Å². The summed E-state index contributed by atoms with van der Waals surface area (Å²) in [6.07, 6.45) is 6.16. The van der Waals surface area contributed by atoms with E-state index in [0.717, 1.165) is 36.1 Å². The van der Waals surface area contributed by atoms with Gasteiger partial charge in [-0.2, -0.15) is 0 Å². The van der Waals surface area contributed by atoms with Crippen LogP contribution in [0.3, 0.4) is 0 Å². The molecule has 1 aromatic carbocycles. The summed E-state index contributed by atoms with van der Waals surface area (Å²) in [5.41, 5.74) is 2.59. The van der Waals surface area contributed by atoms with Crippen molar-refractivity contribution >= 4 is 17.4 Å². The third-order valence-electron chi connectivity index (χ3n) is 5.55. The SMILES string of the molecule is CCC(C)C1CCCCC1C(=O)c1ccc2c(c1)NC(=O)C2. The molecule has 1 aliphatic carbocycles. The summed E-state index contributed by atoms with van der Waals surface area (Å²) in [6, 6.07) is 5.72. The Hall–Kier alpha value is -1.64. The van der Waals surface area contributed by atoms with Gasteiger partial charge in [0, 0.05) is 17.2 Å². The molecular weight excluding hydrogens is 274 g/mol. The van der Waals surface area contributed by atoms with Crippen LogP contribution in [0.15, 0.2) is 18.2 Å². The maximum Gasteiger partial charge on any atom is 0.228 e. The largest absolute Gasteiger partial charge is 0.326 e. The van der Waals surface area contributed by atoms with Crippen LogP contribution in [0.5, 0.6) is 0 Å². The zero-order chi connectivity index (χ0) is 15.7. The monoisotopic (exact) mass is 299 g/mol. The summed E-state index contributed by atoms with van der Waals surface area (Å²) >= 11 is 0. The Morgan fingerprint density at radius 3 is 2.86 bits per heavy atom. The van der Waals surface area contributed by atoms with Gasteiger partial charge >= 0.3 is 0 Å². The van der Waals surface area contributed by atoms with E-state index in [2.05, 4.69) is 19.2 Å². The normalized spacial score (nSPS) is 25.5. The fraction of sp³-hybridized carbons (Fsp3) is 0.579. The highest BCUT2D eigenvalue weighted by Crippen LogP contribution is 2.39. The van der Waals surface area contributed by atoms with E-state index in [0.29, 0.717) is 18.3 Å². The lowest BCUT2D eigenvalue weighted by atomic mass is 9.69. The quantitative estimate of drug-likeness (QED) is 0.846. The minimum atomic E-state index is 0.0229. The van der Waals surface area contributed by atoms with Gasteiger partial charge in [0.2, 0.25) is 5.91 Å². The number of anilines is 1. The van der Waals surface area contributed by atoms with E-state index < -0.39 is 0 Å². The summed E-state index contributed by atoms with van der Waals surface area (Å²) < 4.78 is 0. The zero-order valence-corrected chi connectivity index (χ0v) is 13.5. The lowest BCUT2D eigenvalue weighted by Gasteiger charge is -2.34. The van der Waals surface area contributed by atoms with Gasteiger partial charge in [0.25, 0.3) is 0 Å². The Morgan fingerprint density at radius 2 is 2.09 bits per heavy atom. The minimum absolute atomic E-state index is 0.0229.